The first-order chi connectivity index (χ1) is 9.67. The number of rotatable bonds is 6. The van der Waals surface area contributed by atoms with Crippen molar-refractivity contribution in [3.63, 3.8) is 0 Å². The van der Waals surface area contributed by atoms with Crippen LogP contribution < -0.4 is 10.1 Å². The fourth-order valence-electron chi connectivity index (χ4n) is 3.00. The van der Waals surface area contributed by atoms with E-state index in [-0.39, 0.29) is 6.10 Å². The minimum atomic E-state index is 0.243. The van der Waals surface area contributed by atoms with E-state index in [1.165, 1.54) is 37.7 Å². The lowest BCUT2D eigenvalue weighted by molar-refractivity contribution is 0.242. The van der Waals surface area contributed by atoms with E-state index >= 15 is 0 Å². The van der Waals surface area contributed by atoms with Gasteiger partial charge in [0, 0.05) is 12.6 Å². The fourth-order valence-corrected chi connectivity index (χ4v) is 3.00. The van der Waals surface area contributed by atoms with Crippen LogP contribution in [0.15, 0.2) is 24.3 Å². The van der Waals surface area contributed by atoms with Crippen molar-refractivity contribution in [3.05, 3.63) is 29.8 Å². The number of ether oxygens (including phenoxy) is 1. The average molecular weight is 275 g/mol. The standard InChI is InChI=1S/C18H29NO/c1-4-15-5-9-17(10-6-15)19-13-16-7-11-18(12-8-16)20-14(2)3/h7-8,11-12,14-15,17,19H,4-6,9-10,13H2,1-3H3. The predicted molar refractivity (Wildman–Crippen MR) is 85.1 cm³/mol. The molecule has 1 saturated carbocycles. The van der Waals surface area contributed by atoms with Gasteiger partial charge in [-0.1, -0.05) is 25.5 Å². The topological polar surface area (TPSA) is 21.3 Å². The van der Waals surface area contributed by atoms with E-state index in [1.54, 1.807) is 0 Å². The highest BCUT2D eigenvalue weighted by atomic mass is 16.5. The Hall–Kier alpha value is -1.02. The summed E-state index contributed by atoms with van der Waals surface area (Å²) in [6.45, 7) is 7.41. The molecule has 0 radical (unpaired) electrons. The van der Waals surface area contributed by atoms with Crippen LogP contribution in [0.5, 0.6) is 5.75 Å². The van der Waals surface area contributed by atoms with Gasteiger partial charge in [-0.15, -0.1) is 0 Å². The van der Waals surface area contributed by atoms with Crippen molar-refractivity contribution in [1.29, 1.82) is 0 Å². The SMILES string of the molecule is CCC1CCC(NCc2ccc(OC(C)C)cc2)CC1. The second-order valence-corrected chi connectivity index (χ2v) is 6.32. The van der Waals surface area contributed by atoms with Crippen molar-refractivity contribution in [2.45, 2.75) is 71.6 Å². The first-order valence-electron chi connectivity index (χ1n) is 8.16. The molecule has 1 aromatic rings. The molecule has 0 amide bonds. The van der Waals surface area contributed by atoms with E-state index < -0.39 is 0 Å². The van der Waals surface area contributed by atoms with Gasteiger partial charge in [-0.05, 0) is 63.1 Å². The highest BCUT2D eigenvalue weighted by Gasteiger charge is 2.19. The predicted octanol–water partition coefficient (Wildman–Crippen LogP) is 4.53. The summed E-state index contributed by atoms with van der Waals surface area (Å²) in [4.78, 5) is 0. The van der Waals surface area contributed by atoms with E-state index in [1.807, 2.05) is 0 Å². The first kappa shape index (κ1) is 15.4. The summed E-state index contributed by atoms with van der Waals surface area (Å²) >= 11 is 0. The molecular formula is C18H29NO. The molecule has 0 atom stereocenters. The first-order valence-corrected chi connectivity index (χ1v) is 8.16. The van der Waals surface area contributed by atoms with Gasteiger partial charge in [0.2, 0.25) is 0 Å². The second-order valence-electron chi connectivity index (χ2n) is 6.32. The van der Waals surface area contributed by atoms with Crippen LogP contribution in [0.2, 0.25) is 0 Å². The summed E-state index contributed by atoms with van der Waals surface area (Å²) in [5.41, 5.74) is 1.35. The molecule has 0 heterocycles. The normalized spacial score (nSPS) is 23.0. The Balaban J connectivity index is 1.74. The van der Waals surface area contributed by atoms with Gasteiger partial charge < -0.3 is 10.1 Å². The molecule has 2 nitrogen and oxygen atoms in total. The van der Waals surface area contributed by atoms with Crippen molar-refractivity contribution in [1.82, 2.24) is 5.32 Å². The lowest BCUT2D eigenvalue weighted by Gasteiger charge is -2.28. The van der Waals surface area contributed by atoms with Crippen LogP contribution in [-0.2, 0) is 6.54 Å². The molecule has 2 heteroatoms. The maximum absolute atomic E-state index is 5.67. The maximum Gasteiger partial charge on any atom is 0.119 e. The van der Waals surface area contributed by atoms with Crippen LogP contribution in [0.1, 0.15) is 58.4 Å². The zero-order valence-electron chi connectivity index (χ0n) is 13.2. The van der Waals surface area contributed by atoms with Crippen molar-refractivity contribution in [2.75, 3.05) is 0 Å². The highest BCUT2D eigenvalue weighted by Crippen LogP contribution is 2.26. The summed E-state index contributed by atoms with van der Waals surface area (Å²) in [5, 5.41) is 3.70. The van der Waals surface area contributed by atoms with E-state index in [2.05, 4.69) is 50.4 Å². The quantitative estimate of drug-likeness (QED) is 0.823. The van der Waals surface area contributed by atoms with Crippen LogP contribution in [0.4, 0.5) is 0 Å². The monoisotopic (exact) mass is 275 g/mol. The zero-order chi connectivity index (χ0) is 14.4. The summed E-state index contributed by atoms with van der Waals surface area (Å²) in [7, 11) is 0. The van der Waals surface area contributed by atoms with E-state index in [0.717, 1.165) is 18.2 Å². The lowest BCUT2D eigenvalue weighted by atomic mass is 9.84. The molecule has 0 spiro atoms. The Labute approximate surface area is 123 Å². The second kappa shape index (κ2) is 7.68. The molecule has 2 rings (SSSR count). The van der Waals surface area contributed by atoms with Gasteiger partial charge in [0.15, 0.2) is 0 Å². The molecule has 1 fully saturated rings. The molecule has 0 aliphatic heterocycles. The van der Waals surface area contributed by atoms with Gasteiger partial charge in [-0.3, -0.25) is 0 Å². The van der Waals surface area contributed by atoms with Crippen LogP contribution in [0.25, 0.3) is 0 Å². The molecular weight excluding hydrogens is 246 g/mol. The van der Waals surface area contributed by atoms with Crippen LogP contribution in [0.3, 0.4) is 0 Å². The molecule has 20 heavy (non-hydrogen) atoms. The highest BCUT2D eigenvalue weighted by molar-refractivity contribution is 5.27. The third-order valence-corrected chi connectivity index (χ3v) is 4.31. The molecule has 1 N–H and O–H groups in total. The third kappa shape index (κ3) is 4.82. The molecule has 1 aromatic carbocycles. The fraction of sp³-hybridized carbons (Fsp3) is 0.667. The van der Waals surface area contributed by atoms with E-state index in [4.69, 9.17) is 4.74 Å². The van der Waals surface area contributed by atoms with Crippen molar-refractivity contribution >= 4 is 0 Å². The van der Waals surface area contributed by atoms with Gasteiger partial charge >= 0.3 is 0 Å². The van der Waals surface area contributed by atoms with Crippen molar-refractivity contribution in [3.8, 4) is 5.75 Å². The van der Waals surface area contributed by atoms with Crippen molar-refractivity contribution < 1.29 is 4.74 Å². The number of nitrogens with one attached hydrogen (secondary N) is 1. The van der Waals surface area contributed by atoms with Gasteiger partial charge in [-0.25, -0.2) is 0 Å². The summed E-state index contributed by atoms with van der Waals surface area (Å²) in [6, 6.07) is 9.20. The minimum Gasteiger partial charge on any atom is -0.491 e. The van der Waals surface area contributed by atoms with E-state index in [0.29, 0.717) is 6.04 Å². The van der Waals surface area contributed by atoms with Gasteiger partial charge in [0.1, 0.15) is 5.75 Å². The Morgan fingerprint density at radius 1 is 1.10 bits per heavy atom. The molecule has 0 unspecified atom stereocenters. The molecule has 0 saturated heterocycles. The van der Waals surface area contributed by atoms with Gasteiger partial charge in [-0.2, -0.15) is 0 Å². The van der Waals surface area contributed by atoms with Crippen molar-refractivity contribution in [2.24, 2.45) is 5.92 Å². The summed E-state index contributed by atoms with van der Waals surface area (Å²) < 4.78 is 5.67. The summed E-state index contributed by atoms with van der Waals surface area (Å²) in [5.74, 6) is 1.94. The Bertz CT molecular complexity index is 377. The Morgan fingerprint density at radius 3 is 2.30 bits per heavy atom. The van der Waals surface area contributed by atoms with Gasteiger partial charge in [0.25, 0.3) is 0 Å². The Morgan fingerprint density at radius 2 is 1.75 bits per heavy atom. The van der Waals surface area contributed by atoms with Crippen LogP contribution in [0, 0.1) is 5.92 Å². The molecule has 1 aliphatic rings. The van der Waals surface area contributed by atoms with Gasteiger partial charge in [0.05, 0.1) is 6.10 Å². The Kier molecular flexibility index (Phi) is 5.90. The number of hydrogen-bond donors (Lipinski definition) is 1. The third-order valence-electron chi connectivity index (χ3n) is 4.31. The van der Waals surface area contributed by atoms with E-state index in [9.17, 15) is 0 Å². The smallest absolute Gasteiger partial charge is 0.119 e. The summed E-state index contributed by atoms with van der Waals surface area (Å²) in [6.07, 6.45) is 7.07. The maximum atomic E-state index is 5.67. The average Bonchev–Trinajstić information content (AvgIpc) is 2.46. The zero-order valence-corrected chi connectivity index (χ0v) is 13.2. The minimum absolute atomic E-state index is 0.243. The molecule has 112 valence electrons. The lowest BCUT2D eigenvalue weighted by Crippen LogP contribution is -2.32. The molecule has 1 aliphatic carbocycles. The largest absolute Gasteiger partial charge is 0.491 e. The number of benzene rings is 1. The number of hydrogen-bond acceptors (Lipinski definition) is 2. The molecule has 0 bridgehead atoms. The molecule has 0 aromatic heterocycles. The van der Waals surface area contributed by atoms with Crippen LogP contribution >= 0.6 is 0 Å². The van der Waals surface area contributed by atoms with Crippen LogP contribution in [-0.4, -0.2) is 12.1 Å².